The number of benzene rings is 1. The van der Waals surface area contributed by atoms with Gasteiger partial charge in [0.15, 0.2) is 0 Å². The largest absolute Gasteiger partial charge is 0.494 e. The Bertz CT molecular complexity index is 852. The first kappa shape index (κ1) is 13.7. The smallest absolute Gasteiger partial charge is 0.416 e. The van der Waals surface area contributed by atoms with E-state index in [9.17, 15) is 13.2 Å². The second kappa shape index (κ2) is 4.34. The third-order valence-corrected chi connectivity index (χ3v) is 3.43. The average Bonchev–Trinajstić information content (AvgIpc) is 2.80. The normalized spacial score (nSPS) is 12.3. The highest BCUT2D eigenvalue weighted by molar-refractivity contribution is 5.86. The number of hydrogen-bond donors (Lipinski definition) is 0. The second-order valence-corrected chi connectivity index (χ2v) is 4.79. The minimum absolute atomic E-state index is 0.0937. The molecule has 0 spiro atoms. The van der Waals surface area contributed by atoms with E-state index in [1.807, 2.05) is 0 Å². The number of halogens is 3. The Morgan fingerprint density at radius 2 is 1.86 bits per heavy atom. The molecule has 7 heteroatoms. The number of fused-ring (bicyclic) bond motifs is 3. The molecule has 0 fully saturated rings. The van der Waals surface area contributed by atoms with Crippen LogP contribution < -0.4 is 4.74 Å². The van der Waals surface area contributed by atoms with E-state index in [0.717, 1.165) is 17.8 Å². The molecule has 0 aliphatic rings. The highest BCUT2D eigenvalue weighted by Crippen LogP contribution is 2.36. The van der Waals surface area contributed by atoms with Gasteiger partial charge in [0.1, 0.15) is 17.6 Å². The number of methoxy groups -OCH3 is 1. The first-order chi connectivity index (χ1) is 9.82. The monoisotopic (exact) mass is 295 g/mol. The van der Waals surface area contributed by atoms with E-state index < -0.39 is 11.7 Å². The molecule has 21 heavy (non-hydrogen) atoms. The Morgan fingerprint density at radius 1 is 1.14 bits per heavy atom. The summed E-state index contributed by atoms with van der Waals surface area (Å²) in [7, 11) is 1.33. The number of aromatic nitrogens is 3. The third-order valence-electron chi connectivity index (χ3n) is 3.43. The highest BCUT2D eigenvalue weighted by Gasteiger charge is 2.32. The lowest BCUT2D eigenvalue weighted by atomic mass is 10.1. The van der Waals surface area contributed by atoms with E-state index in [0.29, 0.717) is 22.2 Å². The highest BCUT2D eigenvalue weighted by atomic mass is 19.4. The molecule has 0 saturated heterocycles. The lowest BCUT2D eigenvalue weighted by Gasteiger charge is -2.13. The van der Waals surface area contributed by atoms with E-state index in [4.69, 9.17) is 4.74 Å². The summed E-state index contributed by atoms with van der Waals surface area (Å²) in [5.41, 5.74) is 2.05. The molecule has 0 saturated carbocycles. The fraction of sp³-hybridized carbons (Fsp3) is 0.286. The van der Waals surface area contributed by atoms with Gasteiger partial charge in [-0.15, -0.1) is 0 Å². The first-order valence-electron chi connectivity index (χ1n) is 6.22. The van der Waals surface area contributed by atoms with Crippen LogP contribution in [0.2, 0.25) is 0 Å². The van der Waals surface area contributed by atoms with Crippen LogP contribution >= 0.6 is 0 Å². The molecule has 2 aromatic heterocycles. The van der Waals surface area contributed by atoms with Crippen LogP contribution in [0.1, 0.15) is 17.0 Å². The lowest BCUT2D eigenvalue weighted by molar-refractivity contribution is -0.137. The van der Waals surface area contributed by atoms with Gasteiger partial charge in [-0.25, -0.2) is 9.97 Å². The van der Waals surface area contributed by atoms with Crippen LogP contribution in [-0.4, -0.2) is 21.5 Å². The van der Waals surface area contributed by atoms with Gasteiger partial charge in [0.25, 0.3) is 0 Å². The minimum Gasteiger partial charge on any atom is -0.494 e. The molecule has 0 N–H and O–H groups in total. The number of aryl methyl sites for hydroxylation is 2. The van der Waals surface area contributed by atoms with Crippen LogP contribution in [-0.2, 0) is 6.18 Å². The molecule has 0 amide bonds. The predicted molar refractivity (Wildman–Crippen MR) is 71.5 cm³/mol. The van der Waals surface area contributed by atoms with Gasteiger partial charge < -0.3 is 4.74 Å². The van der Waals surface area contributed by atoms with Gasteiger partial charge >= 0.3 is 6.18 Å². The van der Waals surface area contributed by atoms with Crippen molar-refractivity contribution in [2.45, 2.75) is 20.0 Å². The summed E-state index contributed by atoms with van der Waals surface area (Å²) in [6, 6.07) is 2.03. The maximum Gasteiger partial charge on any atom is 0.416 e. The Kier molecular flexibility index (Phi) is 2.82. The number of alkyl halides is 3. The van der Waals surface area contributed by atoms with Crippen LogP contribution in [0, 0.1) is 13.8 Å². The zero-order valence-electron chi connectivity index (χ0n) is 11.6. The van der Waals surface area contributed by atoms with Crippen molar-refractivity contribution in [3.63, 3.8) is 0 Å². The molecule has 0 aliphatic heterocycles. The molecule has 4 nitrogen and oxygen atoms in total. The zero-order chi connectivity index (χ0) is 15.4. The van der Waals surface area contributed by atoms with Crippen LogP contribution in [0.4, 0.5) is 13.2 Å². The van der Waals surface area contributed by atoms with Crippen LogP contribution in [0.3, 0.4) is 0 Å². The van der Waals surface area contributed by atoms with Gasteiger partial charge in [0.2, 0.25) is 0 Å². The number of imidazole rings is 1. The summed E-state index contributed by atoms with van der Waals surface area (Å²) in [4.78, 5) is 8.53. The quantitative estimate of drug-likeness (QED) is 0.689. The van der Waals surface area contributed by atoms with Crippen molar-refractivity contribution >= 4 is 16.6 Å². The van der Waals surface area contributed by atoms with E-state index in [-0.39, 0.29) is 5.75 Å². The maximum atomic E-state index is 13.0. The standard InChI is InChI=1S/C14H12F3N3O/c1-7-13-8(2)19-12-10(20(13)6-18-7)4-9(14(15,16)17)5-11(12)21-3/h4-6H,1-3H3. The van der Waals surface area contributed by atoms with Gasteiger partial charge in [-0.3, -0.25) is 4.40 Å². The van der Waals surface area contributed by atoms with Crippen LogP contribution in [0.15, 0.2) is 18.5 Å². The Labute approximate surface area is 118 Å². The third kappa shape index (κ3) is 2.00. The molecule has 0 bridgehead atoms. The zero-order valence-corrected chi connectivity index (χ0v) is 11.6. The van der Waals surface area contributed by atoms with Crippen LogP contribution in [0.5, 0.6) is 5.75 Å². The summed E-state index contributed by atoms with van der Waals surface area (Å²) in [5, 5.41) is 0. The molecular formula is C14H12F3N3O. The van der Waals surface area contributed by atoms with E-state index in [2.05, 4.69) is 9.97 Å². The van der Waals surface area contributed by atoms with Crippen molar-refractivity contribution in [2.75, 3.05) is 7.11 Å². The van der Waals surface area contributed by atoms with Crippen LogP contribution in [0.25, 0.3) is 16.6 Å². The summed E-state index contributed by atoms with van der Waals surface area (Å²) in [6.45, 7) is 3.58. The van der Waals surface area contributed by atoms with Gasteiger partial charge in [-0.05, 0) is 26.0 Å². The van der Waals surface area contributed by atoms with Gasteiger partial charge in [0, 0.05) is 0 Å². The molecular weight excluding hydrogens is 283 g/mol. The van der Waals surface area contributed by atoms with E-state index in [1.165, 1.54) is 13.4 Å². The maximum absolute atomic E-state index is 13.0. The van der Waals surface area contributed by atoms with Crippen molar-refractivity contribution in [1.82, 2.24) is 14.4 Å². The molecule has 1 aromatic carbocycles. The molecule has 0 radical (unpaired) electrons. The Hall–Kier alpha value is -2.31. The molecule has 2 heterocycles. The SMILES string of the molecule is COc1cc(C(F)(F)F)cc2c1nc(C)c1c(C)ncn12. The first-order valence-corrected chi connectivity index (χ1v) is 6.22. The van der Waals surface area contributed by atoms with Gasteiger partial charge in [-0.1, -0.05) is 0 Å². The molecule has 0 aliphatic carbocycles. The summed E-state index contributed by atoms with van der Waals surface area (Å²) in [6.07, 6.45) is -2.95. The predicted octanol–water partition coefficient (Wildman–Crippen LogP) is 3.53. The van der Waals surface area contributed by atoms with Crippen molar-refractivity contribution < 1.29 is 17.9 Å². The van der Waals surface area contributed by atoms with Crippen molar-refractivity contribution in [2.24, 2.45) is 0 Å². The average molecular weight is 295 g/mol. The molecule has 0 unspecified atom stereocenters. The van der Waals surface area contributed by atoms with E-state index in [1.54, 1.807) is 18.2 Å². The van der Waals surface area contributed by atoms with Crippen molar-refractivity contribution in [3.05, 3.63) is 35.4 Å². The van der Waals surface area contributed by atoms with Crippen molar-refractivity contribution in [1.29, 1.82) is 0 Å². The lowest BCUT2D eigenvalue weighted by Crippen LogP contribution is -2.07. The topological polar surface area (TPSA) is 39.4 Å². The van der Waals surface area contributed by atoms with E-state index >= 15 is 0 Å². The molecule has 3 aromatic rings. The molecule has 3 rings (SSSR count). The van der Waals surface area contributed by atoms with Gasteiger partial charge in [-0.2, -0.15) is 13.2 Å². The summed E-state index contributed by atoms with van der Waals surface area (Å²) in [5.74, 6) is 0.0937. The van der Waals surface area contributed by atoms with Gasteiger partial charge in [0.05, 0.1) is 35.1 Å². The summed E-state index contributed by atoms with van der Waals surface area (Å²) < 4.78 is 45.7. The molecule has 0 atom stereocenters. The molecule has 110 valence electrons. The second-order valence-electron chi connectivity index (χ2n) is 4.79. The summed E-state index contributed by atoms with van der Waals surface area (Å²) >= 11 is 0. The minimum atomic E-state index is -4.45. The fourth-order valence-electron chi connectivity index (χ4n) is 2.49. The number of nitrogens with zero attached hydrogens (tertiary/aromatic N) is 3. The Morgan fingerprint density at radius 3 is 2.48 bits per heavy atom. The van der Waals surface area contributed by atoms with Crippen molar-refractivity contribution in [3.8, 4) is 5.75 Å². The Balaban J connectivity index is 2.51. The number of hydrogen-bond acceptors (Lipinski definition) is 3. The number of ether oxygens (including phenoxy) is 1. The fourth-order valence-corrected chi connectivity index (χ4v) is 2.49. The number of rotatable bonds is 1.